The minimum atomic E-state index is -1.21. The molecule has 122 valence electrons. The quantitative estimate of drug-likeness (QED) is 0.330. The number of aliphatic hydroxyl groups is 3. The maximum Gasteiger partial charge on any atom is 0.0700 e. The van der Waals surface area contributed by atoms with Crippen LogP contribution >= 0.6 is 0 Å². The van der Waals surface area contributed by atoms with Crippen LogP contribution < -0.4 is 0 Å². The normalized spacial score (nSPS) is 25.6. The van der Waals surface area contributed by atoms with Crippen LogP contribution in [0, 0.1) is 11.8 Å². The standard InChI is InChI=1S/C17H32O3Si/c1-21(2,3)13-15(19)9-5-4-8-14-12-16(14)17(20)10-6-7-11-18/h4-5,8-9,14-20H,6-7,10-13H2,1-3H3/b8-4+,9-5+/t14-,15+,16+,17+/m1/s1. The molecule has 1 fully saturated rings. The molecule has 0 heterocycles. The van der Waals surface area contributed by atoms with E-state index in [4.69, 9.17) is 5.11 Å². The van der Waals surface area contributed by atoms with Crippen LogP contribution in [0.4, 0.5) is 0 Å². The highest BCUT2D eigenvalue weighted by atomic mass is 28.3. The van der Waals surface area contributed by atoms with Crippen LogP contribution in [0.2, 0.25) is 25.7 Å². The zero-order valence-electron chi connectivity index (χ0n) is 13.7. The van der Waals surface area contributed by atoms with E-state index in [1.807, 2.05) is 18.2 Å². The van der Waals surface area contributed by atoms with Crippen LogP contribution in [0.1, 0.15) is 25.7 Å². The minimum absolute atomic E-state index is 0.214. The molecule has 0 aromatic heterocycles. The highest BCUT2D eigenvalue weighted by molar-refractivity contribution is 6.76. The van der Waals surface area contributed by atoms with Gasteiger partial charge in [-0.2, -0.15) is 0 Å². The Morgan fingerprint density at radius 1 is 1.14 bits per heavy atom. The van der Waals surface area contributed by atoms with Gasteiger partial charge in [-0.1, -0.05) is 43.9 Å². The lowest BCUT2D eigenvalue weighted by Crippen LogP contribution is -2.25. The van der Waals surface area contributed by atoms with E-state index >= 15 is 0 Å². The molecule has 0 radical (unpaired) electrons. The minimum Gasteiger partial charge on any atom is -0.396 e. The van der Waals surface area contributed by atoms with Gasteiger partial charge < -0.3 is 15.3 Å². The van der Waals surface area contributed by atoms with Crippen molar-refractivity contribution in [2.45, 2.75) is 63.6 Å². The van der Waals surface area contributed by atoms with Crippen molar-refractivity contribution in [3.05, 3.63) is 24.3 Å². The van der Waals surface area contributed by atoms with Gasteiger partial charge in [-0.05, 0) is 43.6 Å². The summed E-state index contributed by atoms with van der Waals surface area (Å²) < 4.78 is 0. The Bertz CT molecular complexity index is 346. The zero-order chi connectivity index (χ0) is 15.9. The monoisotopic (exact) mass is 312 g/mol. The predicted octanol–water partition coefficient (Wildman–Crippen LogP) is 2.96. The Morgan fingerprint density at radius 2 is 1.86 bits per heavy atom. The molecule has 0 aromatic carbocycles. The first-order chi connectivity index (χ1) is 9.83. The van der Waals surface area contributed by atoms with E-state index in [9.17, 15) is 10.2 Å². The number of rotatable bonds is 10. The van der Waals surface area contributed by atoms with Crippen LogP contribution in [-0.4, -0.2) is 42.2 Å². The first-order valence-electron chi connectivity index (χ1n) is 8.15. The Balaban J connectivity index is 2.21. The zero-order valence-corrected chi connectivity index (χ0v) is 14.7. The molecule has 1 aliphatic rings. The topological polar surface area (TPSA) is 60.7 Å². The molecule has 0 bridgehead atoms. The van der Waals surface area contributed by atoms with E-state index in [0.29, 0.717) is 11.8 Å². The van der Waals surface area contributed by atoms with Crippen LogP contribution in [-0.2, 0) is 0 Å². The Hall–Kier alpha value is -0.423. The van der Waals surface area contributed by atoms with Crippen molar-refractivity contribution in [1.82, 2.24) is 0 Å². The van der Waals surface area contributed by atoms with Crippen LogP contribution in [0.3, 0.4) is 0 Å². The SMILES string of the molecule is C[Si](C)(C)C[C@@H](O)/C=C/C=C/[C@@H]1C[C@@H]1[C@@H](O)CCCCO. The van der Waals surface area contributed by atoms with E-state index < -0.39 is 8.07 Å². The van der Waals surface area contributed by atoms with Gasteiger partial charge in [-0.25, -0.2) is 0 Å². The highest BCUT2D eigenvalue weighted by Crippen LogP contribution is 2.43. The van der Waals surface area contributed by atoms with Crippen molar-refractivity contribution in [2.75, 3.05) is 6.61 Å². The van der Waals surface area contributed by atoms with Gasteiger partial charge in [0.25, 0.3) is 0 Å². The second-order valence-electron chi connectivity index (χ2n) is 7.45. The lowest BCUT2D eigenvalue weighted by Gasteiger charge is -2.17. The van der Waals surface area contributed by atoms with Gasteiger partial charge in [0.15, 0.2) is 0 Å². The molecule has 0 aromatic rings. The lowest BCUT2D eigenvalue weighted by atomic mass is 10.1. The molecule has 1 saturated carbocycles. The molecular formula is C17H32O3Si. The predicted molar refractivity (Wildman–Crippen MR) is 91.0 cm³/mol. The van der Waals surface area contributed by atoms with Crippen molar-refractivity contribution in [3.8, 4) is 0 Å². The molecule has 1 aliphatic carbocycles. The maximum absolute atomic E-state index is 9.99. The van der Waals surface area contributed by atoms with E-state index in [-0.39, 0.29) is 18.8 Å². The molecule has 21 heavy (non-hydrogen) atoms. The van der Waals surface area contributed by atoms with Crippen molar-refractivity contribution in [2.24, 2.45) is 11.8 Å². The number of unbranched alkanes of at least 4 members (excludes halogenated alkanes) is 1. The third-order valence-corrected chi connectivity index (χ3v) is 5.56. The summed E-state index contributed by atoms with van der Waals surface area (Å²) in [5.74, 6) is 0.869. The fourth-order valence-electron chi connectivity index (χ4n) is 2.67. The van der Waals surface area contributed by atoms with E-state index in [2.05, 4.69) is 25.7 Å². The van der Waals surface area contributed by atoms with Gasteiger partial charge in [-0.15, -0.1) is 0 Å². The molecule has 0 aliphatic heterocycles. The second-order valence-corrected chi connectivity index (χ2v) is 13.0. The van der Waals surface area contributed by atoms with Gasteiger partial charge in [0.05, 0.1) is 12.2 Å². The number of allylic oxidation sites excluding steroid dienone is 3. The average molecular weight is 313 g/mol. The molecular weight excluding hydrogens is 280 g/mol. The first-order valence-corrected chi connectivity index (χ1v) is 11.9. The van der Waals surface area contributed by atoms with Crippen molar-refractivity contribution < 1.29 is 15.3 Å². The summed E-state index contributed by atoms with van der Waals surface area (Å²) in [5, 5.41) is 28.6. The molecule has 3 nitrogen and oxygen atoms in total. The number of hydrogen-bond acceptors (Lipinski definition) is 3. The summed E-state index contributed by atoms with van der Waals surface area (Å²) in [4.78, 5) is 0. The van der Waals surface area contributed by atoms with E-state index in [1.165, 1.54) is 0 Å². The average Bonchev–Trinajstić information content (AvgIpc) is 3.12. The summed E-state index contributed by atoms with van der Waals surface area (Å²) in [5.41, 5.74) is 0. The summed E-state index contributed by atoms with van der Waals surface area (Å²) >= 11 is 0. The van der Waals surface area contributed by atoms with Gasteiger partial charge in [0.1, 0.15) is 0 Å². The second kappa shape index (κ2) is 8.88. The van der Waals surface area contributed by atoms with Gasteiger partial charge in [0.2, 0.25) is 0 Å². The molecule has 0 unspecified atom stereocenters. The number of aliphatic hydroxyl groups excluding tert-OH is 3. The summed E-state index contributed by atoms with van der Waals surface area (Å²) in [7, 11) is -1.21. The fraction of sp³-hybridized carbons (Fsp3) is 0.765. The summed E-state index contributed by atoms with van der Waals surface area (Å²) in [6.07, 6.45) is 10.9. The number of hydrogen-bond donors (Lipinski definition) is 3. The third-order valence-electron chi connectivity index (χ3n) is 3.92. The first kappa shape index (κ1) is 18.6. The molecule has 0 spiro atoms. The smallest absolute Gasteiger partial charge is 0.0700 e. The van der Waals surface area contributed by atoms with Crippen LogP contribution in [0.15, 0.2) is 24.3 Å². The largest absolute Gasteiger partial charge is 0.396 e. The van der Waals surface area contributed by atoms with Crippen molar-refractivity contribution in [3.63, 3.8) is 0 Å². The van der Waals surface area contributed by atoms with Gasteiger partial charge in [0, 0.05) is 14.7 Å². The highest BCUT2D eigenvalue weighted by Gasteiger charge is 2.39. The Morgan fingerprint density at radius 3 is 2.48 bits per heavy atom. The van der Waals surface area contributed by atoms with E-state index in [1.54, 1.807) is 0 Å². The van der Waals surface area contributed by atoms with Crippen molar-refractivity contribution in [1.29, 1.82) is 0 Å². The van der Waals surface area contributed by atoms with Gasteiger partial charge >= 0.3 is 0 Å². The maximum atomic E-state index is 9.99. The molecule has 3 N–H and O–H groups in total. The fourth-order valence-corrected chi connectivity index (χ4v) is 4.06. The van der Waals surface area contributed by atoms with Crippen molar-refractivity contribution >= 4 is 8.07 Å². The molecule has 4 heteroatoms. The molecule has 0 amide bonds. The third kappa shape index (κ3) is 8.56. The molecule has 1 rings (SSSR count). The lowest BCUT2D eigenvalue weighted by molar-refractivity contribution is 0.131. The summed E-state index contributed by atoms with van der Waals surface area (Å²) in [6.45, 7) is 6.98. The van der Waals surface area contributed by atoms with Crippen LogP contribution in [0.25, 0.3) is 0 Å². The Kier molecular flexibility index (Phi) is 7.88. The van der Waals surface area contributed by atoms with Crippen LogP contribution in [0.5, 0.6) is 0 Å². The molecule has 0 saturated heterocycles. The van der Waals surface area contributed by atoms with Gasteiger partial charge in [-0.3, -0.25) is 0 Å². The Labute approximate surface area is 130 Å². The molecule has 4 atom stereocenters. The summed E-state index contributed by atoms with van der Waals surface area (Å²) in [6, 6.07) is 0.896. The van der Waals surface area contributed by atoms with E-state index in [0.717, 1.165) is 31.7 Å².